The highest BCUT2D eigenvalue weighted by atomic mass is 79.9. The Morgan fingerprint density at radius 1 is 1.11 bits per heavy atom. The third-order valence-corrected chi connectivity index (χ3v) is 7.22. The summed E-state index contributed by atoms with van der Waals surface area (Å²) in [7, 11) is 1.60. The minimum absolute atomic E-state index is 0.294. The first-order valence-corrected chi connectivity index (χ1v) is 12.9. The number of thioether (sulfide) groups is 1. The minimum atomic E-state index is -0.585. The van der Waals surface area contributed by atoms with Crippen LogP contribution in [0.4, 0.5) is 0 Å². The van der Waals surface area contributed by atoms with Crippen LogP contribution in [0.1, 0.15) is 22.2 Å². The van der Waals surface area contributed by atoms with Crippen molar-refractivity contribution in [2.24, 2.45) is 0 Å². The summed E-state index contributed by atoms with van der Waals surface area (Å²) in [6.07, 6.45) is 0. The van der Waals surface area contributed by atoms with Crippen LogP contribution in [0.15, 0.2) is 76.4 Å². The van der Waals surface area contributed by atoms with E-state index >= 15 is 0 Å². The molecule has 36 heavy (non-hydrogen) atoms. The normalized spacial score (nSPS) is 11.8. The second-order valence-corrected chi connectivity index (χ2v) is 10.3. The first kappa shape index (κ1) is 26.0. The molecule has 11 heteroatoms. The highest BCUT2D eigenvalue weighted by Gasteiger charge is 2.27. The van der Waals surface area contributed by atoms with Gasteiger partial charge in [-0.3, -0.25) is 14.7 Å². The van der Waals surface area contributed by atoms with Gasteiger partial charge in [0.2, 0.25) is 6.54 Å². The van der Waals surface area contributed by atoms with Gasteiger partial charge in [0.25, 0.3) is 0 Å². The summed E-state index contributed by atoms with van der Waals surface area (Å²) in [6.45, 7) is 1.80. The summed E-state index contributed by atoms with van der Waals surface area (Å²) in [5.74, 6) is 1.94. The van der Waals surface area contributed by atoms with Crippen LogP contribution >= 0.6 is 39.3 Å². The molecule has 4 rings (SSSR count). The number of ether oxygens (including phenoxy) is 2. The van der Waals surface area contributed by atoms with Crippen molar-refractivity contribution in [1.29, 1.82) is 0 Å². The van der Waals surface area contributed by atoms with Gasteiger partial charge in [0.15, 0.2) is 5.16 Å². The standard InChI is InChI=1S/C25H22BrClN4O4S/c1-16-28-29-25(31(16)20-8-10-21(34-2)11-9-20)36-24(14-30(32)33)22-13-18(26)5-12-23(22)35-15-17-3-6-19(27)7-4-17/h3-13,24H,14-15H2,1-2H3/t24-/m0/s1. The van der Waals surface area contributed by atoms with E-state index in [9.17, 15) is 10.1 Å². The van der Waals surface area contributed by atoms with Crippen LogP contribution in [0.2, 0.25) is 5.02 Å². The van der Waals surface area contributed by atoms with E-state index in [1.807, 2.05) is 66.1 Å². The fourth-order valence-corrected chi connectivity index (χ4v) is 5.25. The SMILES string of the molecule is COc1ccc(-n2c(C)nnc2S[C@@H](C[N+](=O)[O-])c2cc(Br)ccc2OCc2ccc(Cl)cc2)cc1. The number of aromatic nitrogens is 3. The van der Waals surface area contributed by atoms with Crippen LogP contribution < -0.4 is 9.47 Å². The van der Waals surface area contributed by atoms with E-state index in [1.165, 1.54) is 11.8 Å². The number of rotatable bonds is 10. The third-order valence-electron chi connectivity index (χ3n) is 5.31. The first-order chi connectivity index (χ1) is 17.3. The molecule has 0 fully saturated rings. The van der Waals surface area contributed by atoms with E-state index in [1.54, 1.807) is 19.2 Å². The molecule has 1 aromatic heterocycles. The average molecular weight is 590 g/mol. The zero-order valence-corrected chi connectivity index (χ0v) is 22.6. The Morgan fingerprint density at radius 2 is 1.83 bits per heavy atom. The lowest BCUT2D eigenvalue weighted by Crippen LogP contribution is -2.12. The van der Waals surface area contributed by atoms with E-state index in [-0.39, 0.29) is 11.5 Å². The van der Waals surface area contributed by atoms with Crippen molar-refractivity contribution in [2.75, 3.05) is 13.7 Å². The maximum absolute atomic E-state index is 11.7. The maximum Gasteiger partial charge on any atom is 0.220 e. The van der Waals surface area contributed by atoms with Crippen molar-refractivity contribution >= 4 is 39.3 Å². The van der Waals surface area contributed by atoms with E-state index in [0.29, 0.717) is 33.9 Å². The van der Waals surface area contributed by atoms with Gasteiger partial charge in [-0.15, -0.1) is 10.2 Å². The lowest BCUT2D eigenvalue weighted by Gasteiger charge is -2.18. The highest BCUT2D eigenvalue weighted by Crippen LogP contribution is 2.41. The van der Waals surface area contributed by atoms with Crippen LogP contribution in [0.25, 0.3) is 5.69 Å². The predicted molar refractivity (Wildman–Crippen MR) is 143 cm³/mol. The Balaban J connectivity index is 1.66. The summed E-state index contributed by atoms with van der Waals surface area (Å²) < 4.78 is 14.0. The van der Waals surface area contributed by atoms with Crippen LogP contribution in [-0.4, -0.2) is 33.3 Å². The van der Waals surface area contributed by atoms with Gasteiger partial charge in [0, 0.05) is 25.7 Å². The molecule has 0 aliphatic heterocycles. The zero-order chi connectivity index (χ0) is 25.7. The van der Waals surface area contributed by atoms with Crippen molar-refractivity contribution in [3.05, 3.63) is 103 Å². The van der Waals surface area contributed by atoms with Gasteiger partial charge < -0.3 is 9.47 Å². The van der Waals surface area contributed by atoms with Crippen molar-refractivity contribution in [2.45, 2.75) is 23.9 Å². The molecule has 0 aliphatic carbocycles. The van der Waals surface area contributed by atoms with Crippen LogP contribution in [0, 0.1) is 17.0 Å². The summed E-state index contributed by atoms with van der Waals surface area (Å²) in [5, 5.41) is 20.8. The summed E-state index contributed by atoms with van der Waals surface area (Å²) in [4.78, 5) is 11.4. The fraction of sp³-hybridized carbons (Fsp3) is 0.200. The van der Waals surface area contributed by atoms with Crippen molar-refractivity contribution in [3.8, 4) is 17.2 Å². The van der Waals surface area contributed by atoms with Crippen LogP contribution in [0.5, 0.6) is 11.5 Å². The number of nitro groups is 1. The molecule has 0 saturated heterocycles. The molecule has 1 atom stereocenters. The number of aryl methyl sites for hydroxylation is 1. The van der Waals surface area contributed by atoms with Gasteiger partial charge in [-0.1, -0.05) is 51.4 Å². The van der Waals surface area contributed by atoms with Gasteiger partial charge in [-0.05, 0) is 67.1 Å². The summed E-state index contributed by atoms with van der Waals surface area (Å²) in [5.41, 5.74) is 2.44. The molecule has 3 aromatic carbocycles. The quantitative estimate of drug-likeness (QED) is 0.116. The van der Waals surface area contributed by atoms with E-state index < -0.39 is 5.25 Å². The van der Waals surface area contributed by atoms with Crippen LogP contribution in [-0.2, 0) is 6.61 Å². The van der Waals surface area contributed by atoms with Crippen molar-refractivity contribution in [3.63, 3.8) is 0 Å². The van der Waals surface area contributed by atoms with E-state index in [0.717, 1.165) is 21.5 Å². The molecule has 8 nitrogen and oxygen atoms in total. The molecular formula is C25H22BrClN4O4S. The Kier molecular flexibility index (Phi) is 8.50. The first-order valence-electron chi connectivity index (χ1n) is 10.9. The minimum Gasteiger partial charge on any atom is -0.497 e. The molecule has 0 N–H and O–H groups in total. The second-order valence-electron chi connectivity index (χ2n) is 7.78. The van der Waals surface area contributed by atoms with Gasteiger partial charge in [-0.25, -0.2) is 0 Å². The smallest absolute Gasteiger partial charge is 0.220 e. The van der Waals surface area contributed by atoms with Gasteiger partial charge in [0.05, 0.1) is 7.11 Å². The number of hydrogen-bond donors (Lipinski definition) is 0. The number of halogens is 2. The average Bonchev–Trinajstić information content (AvgIpc) is 3.23. The van der Waals surface area contributed by atoms with Gasteiger partial charge >= 0.3 is 0 Å². The van der Waals surface area contributed by atoms with E-state index in [2.05, 4.69) is 26.1 Å². The maximum atomic E-state index is 11.7. The molecule has 0 aliphatic rings. The molecule has 4 aromatic rings. The van der Waals surface area contributed by atoms with E-state index in [4.69, 9.17) is 21.1 Å². The fourth-order valence-electron chi connectivity index (χ4n) is 3.55. The lowest BCUT2D eigenvalue weighted by atomic mass is 10.1. The Bertz CT molecular complexity index is 1350. The largest absolute Gasteiger partial charge is 0.497 e. The third kappa shape index (κ3) is 6.37. The molecule has 0 bridgehead atoms. The Morgan fingerprint density at radius 3 is 2.50 bits per heavy atom. The number of benzene rings is 3. The van der Waals surface area contributed by atoms with Crippen molar-refractivity contribution in [1.82, 2.24) is 14.8 Å². The molecule has 0 spiro atoms. The summed E-state index contributed by atoms with van der Waals surface area (Å²) in [6, 6.07) is 20.3. The monoisotopic (exact) mass is 588 g/mol. The van der Waals surface area contributed by atoms with Crippen molar-refractivity contribution < 1.29 is 14.4 Å². The lowest BCUT2D eigenvalue weighted by molar-refractivity contribution is -0.479. The molecule has 0 radical (unpaired) electrons. The Hall–Kier alpha value is -3.08. The highest BCUT2D eigenvalue weighted by molar-refractivity contribution is 9.10. The topological polar surface area (TPSA) is 92.3 Å². The summed E-state index contributed by atoms with van der Waals surface area (Å²) >= 11 is 10.7. The number of methoxy groups -OCH3 is 1. The predicted octanol–water partition coefficient (Wildman–Crippen LogP) is 6.69. The van der Waals surface area contributed by atoms with Crippen LogP contribution in [0.3, 0.4) is 0 Å². The second kappa shape index (κ2) is 11.8. The molecule has 0 saturated carbocycles. The molecule has 0 amide bonds. The molecule has 186 valence electrons. The number of hydrogen-bond acceptors (Lipinski definition) is 7. The zero-order valence-electron chi connectivity index (χ0n) is 19.4. The molecule has 0 unspecified atom stereocenters. The molecule has 1 heterocycles. The number of nitrogens with zero attached hydrogens (tertiary/aromatic N) is 4. The van der Waals surface area contributed by atoms with Gasteiger partial charge in [-0.2, -0.15) is 0 Å². The molecular weight excluding hydrogens is 568 g/mol. The Labute approximate surface area is 225 Å². The van der Waals surface area contributed by atoms with Gasteiger partial charge in [0.1, 0.15) is 29.2 Å².